The smallest absolute Gasteiger partial charge is 0.268 e. The summed E-state index contributed by atoms with van der Waals surface area (Å²) >= 11 is 6.34. The molecule has 0 spiro atoms. The monoisotopic (exact) mass is 439 g/mol. The fourth-order valence-electron chi connectivity index (χ4n) is 3.30. The van der Waals surface area contributed by atoms with Crippen LogP contribution in [0, 0.1) is 0 Å². The number of nitrogens with one attached hydrogen (secondary N) is 2. The maximum Gasteiger partial charge on any atom is 0.268 e. The van der Waals surface area contributed by atoms with Gasteiger partial charge in [0.25, 0.3) is 5.91 Å². The van der Waals surface area contributed by atoms with Crippen LogP contribution in [0.5, 0.6) is 0 Å². The minimum Gasteiger partial charge on any atom is -0.394 e. The minimum absolute atomic E-state index is 0.117. The first-order chi connectivity index (χ1) is 14.9. The first-order valence-electron chi connectivity index (χ1n) is 9.97. The summed E-state index contributed by atoms with van der Waals surface area (Å²) in [6.07, 6.45) is 1.71. The van der Waals surface area contributed by atoms with Crippen LogP contribution >= 0.6 is 11.6 Å². The van der Waals surface area contributed by atoms with E-state index in [-0.39, 0.29) is 24.5 Å². The summed E-state index contributed by atoms with van der Waals surface area (Å²) in [5.74, 6) is -0.508. The van der Waals surface area contributed by atoms with Gasteiger partial charge in [-0.3, -0.25) is 9.59 Å². The third kappa shape index (κ3) is 6.04. The van der Waals surface area contributed by atoms with Crippen molar-refractivity contribution in [2.24, 2.45) is 0 Å². The van der Waals surface area contributed by atoms with Crippen LogP contribution < -0.4 is 5.32 Å². The fraction of sp³-hybridized carbons (Fsp3) is 0.250. The summed E-state index contributed by atoms with van der Waals surface area (Å²) < 4.78 is 0. The normalized spacial score (nSPS) is 12.0. The number of aromatic nitrogens is 1. The Labute approximate surface area is 186 Å². The van der Waals surface area contributed by atoms with Crippen LogP contribution in [0.1, 0.15) is 43.6 Å². The molecule has 0 aliphatic rings. The van der Waals surface area contributed by atoms with Crippen molar-refractivity contribution in [1.29, 1.82) is 0 Å². The zero-order valence-electron chi connectivity index (χ0n) is 17.6. The molecule has 3 aromatic rings. The molecule has 162 valence electrons. The van der Waals surface area contributed by atoms with Gasteiger partial charge in [-0.2, -0.15) is 0 Å². The van der Waals surface area contributed by atoms with E-state index in [4.69, 9.17) is 11.6 Å². The van der Waals surface area contributed by atoms with Crippen molar-refractivity contribution in [3.8, 4) is 0 Å². The molecular formula is C24H26ClN3O3. The van der Waals surface area contributed by atoms with Crippen molar-refractivity contribution < 1.29 is 14.7 Å². The Bertz CT molecular complexity index is 1050. The molecule has 1 amide bonds. The van der Waals surface area contributed by atoms with Crippen molar-refractivity contribution in [3.63, 3.8) is 0 Å². The number of benzene rings is 2. The zero-order chi connectivity index (χ0) is 22.4. The van der Waals surface area contributed by atoms with Crippen LogP contribution in [0.3, 0.4) is 0 Å². The molecule has 0 bridgehead atoms. The quantitative estimate of drug-likeness (QED) is 0.444. The van der Waals surface area contributed by atoms with E-state index in [2.05, 4.69) is 10.3 Å². The maximum atomic E-state index is 12.7. The number of aliphatic hydroxyl groups excluding tert-OH is 1. The van der Waals surface area contributed by atoms with Crippen LogP contribution in [0.4, 0.5) is 0 Å². The second kappa shape index (κ2) is 10.4. The Morgan fingerprint density at radius 1 is 1.13 bits per heavy atom. The Morgan fingerprint density at radius 3 is 2.52 bits per heavy atom. The van der Waals surface area contributed by atoms with E-state index < -0.39 is 11.9 Å². The average Bonchev–Trinajstić information content (AvgIpc) is 3.25. The Kier molecular flexibility index (Phi) is 7.63. The maximum absolute atomic E-state index is 12.7. The number of amides is 1. The van der Waals surface area contributed by atoms with E-state index in [0.29, 0.717) is 10.6 Å². The first kappa shape index (κ1) is 22.7. The number of halogens is 1. The Hall–Kier alpha value is -2.93. The number of carbonyl (C=O) groups excluding carboxylic acids is 2. The van der Waals surface area contributed by atoms with Crippen molar-refractivity contribution >= 4 is 23.3 Å². The highest BCUT2D eigenvalue weighted by Crippen LogP contribution is 2.20. The molecule has 6 nitrogen and oxygen atoms in total. The third-order valence-electron chi connectivity index (χ3n) is 4.91. The lowest BCUT2D eigenvalue weighted by Gasteiger charge is -2.16. The van der Waals surface area contributed by atoms with Crippen LogP contribution in [-0.4, -0.2) is 47.4 Å². The molecule has 0 saturated carbocycles. The van der Waals surface area contributed by atoms with Gasteiger partial charge in [-0.15, -0.1) is 0 Å². The second-order valence-electron chi connectivity index (χ2n) is 7.68. The number of carbonyl (C=O) groups is 2. The highest BCUT2D eigenvalue weighted by Gasteiger charge is 2.18. The van der Waals surface area contributed by atoms with Crippen molar-refractivity contribution in [2.45, 2.75) is 19.0 Å². The molecule has 0 aliphatic carbocycles. The Morgan fingerprint density at radius 2 is 1.87 bits per heavy atom. The Balaban J connectivity index is 1.65. The number of aliphatic hydroxyl groups is 1. The van der Waals surface area contributed by atoms with Gasteiger partial charge < -0.3 is 20.3 Å². The molecule has 1 aromatic heterocycles. The molecule has 0 saturated heterocycles. The molecule has 0 fully saturated rings. The van der Waals surface area contributed by atoms with Gasteiger partial charge in [0.2, 0.25) is 0 Å². The number of aromatic amines is 1. The van der Waals surface area contributed by atoms with E-state index in [9.17, 15) is 14.7 Å². The van der Waals surface area contributed by atoms with Crippen molar-refractivity contribution in [1.82, 2.24) is 15.2 Å². The van der Waals surface area contributed by atoms with Gasteiger partial charge in [0.15, 0.2) is 5.78 Å². The molecule has 2 aromatic carbocycles. The summed E-state index contributed by atoms with van der Waals surface area (Å²) in [6.45, 7) is 0.494. The molecule has 1 heterocycles. The molecule has 0 aliphatic heterocycles. The highest BCUT2D eigenvalue weighted by atomic mass is 35.5. The third-order valence-corrected chi connectivity index (χ3v) is 5.26. The zero-order valence-corrected chi connectivity index (χ0v) is 18.3. The van der Waals surface area contributed by atoms with Crippen molar-refractivity contribution in [2.75, 3.05) is 20.7 Å². The van der Waals surface area contributed by atoms with Crippen LogP contribution in [0.15, 0.2) is 60.8 Å². The van der Waals surface area contributed by atoms with Gasteiger partial charge in [0, 0.05) is 29.7 Å². The summed E-state index contributed by atoms with van der Waals surface area (Å²) in [4.78, 5) is 30.1. The number of H-pyrrole nitrogens is 1. The lowest BCUT2D eigenvalue weighted by Crippen LogP contribution is -2.31. The molecule has 3 rings (SSSR count). The molecule has 1 atom stereocenters. The predicted molar refractivity (Wildman–Crippen MR) is 121 cm³/mol. The largest absolute Gasteiger partial charge is 0.394 e. The number of Topliss-reactive ketones (excluding diaryl/α,β-unsaturated/α-hetero) is 1. The van der Waals surface area contributed by atoms with E-state index in [0.717, 1.165) is 23.2 Å². The number of hydrogen-bond acceptors (Lipinski definition) is 4. The highest BCUT2D eigenvalue weighted by molar-refractivity contribution is 6.31. The van der Waals surface area contributed by atoms with Gasteiger partial charge in [-0.05, 0) is 42.9 Å². The van der Waals surface area contributed by atoms with Gasteiger partial charge >= 0.3 is 0 Å². The van der Waals surface area contributed by atoms with E-state index in [1.54, 1.807) is 0 Å². The SMILES string of the molecule is CN(C)Cc1ccc(CC(=O)c2c[nH]c(C(=O)NC(CO)c3ccccc3)c2)cc1Cl. The van der Waals surface area contributed by atoms with Gasteiger partial charge in [0.05, 0.1) is 12.6 Å². The molecular weight excluding hydrogens is 414 g/mol. The molecule has 7 heteroatoms. The number of ketones is 1. The first-order valence-corrected chi connectivity index (χ1v) is 10.4. The summed E-state index contributed by atoms with van der Waals surface area (Å²) in [6, 6.07) is 15.9. The molecule has 3 N–H and O–H groups in total. The summed E-state index contributed by atoms with van der Waals surface area (Å²) in [5, 5.41) is 13.0. The van der Waals surface area contributed by atoms with Crippen LogP contribution in [0.2, 0.25) is 5.02 Å². The number of hydrogen-bond donors (Lipinski definition) is 3. The second-order valence-corrected chi connectivity index (χ2v) is 8.09. The minimum atomic E-state index is -0.529. The standard InChI is InChI=1S/C24H26ClN3O3/c1-28(2)14-18-9-8-16(10-20(18)25)11-23(30)19-12-21(26-13-19)24(31)27-22(15-29)17-6-4-3-5-7-17/h3-10,12-13,22,26,29H,11,14-15H2,1-2H3,(H,27,31). The topological polar surface area (TPSA) is 85.4 Å². The summed E-state index contributed by atoms with van der Waals surface area (Å²) in [5.41, 5.74) is 3.29. The van der Waals surface area contributed by atoms with Gasteiger partial charge in [0.1, 0.15) is 5.69 Å². The van der Waals surface area contributed by atoms with Crippen LogP contribution in [-0.2, 0) is 13.0 Å². The van der Waals surface area contributed by atoms with E-state index in [1.165, 1.54) is 12.3 Å². The van der Waals surface area contributed by atoms with Crippen molar-refractivity contribution in [3.05, 3.63) is 93.8 Å². The van der Waals surface area contributed by atoms with Crippen LogP contribution in [0.25, 0.3) is 0 Å². The van der Waals surface area contributed by atoms with Gasteiger partial charge in [-0.25, -0.2) is 0 Å². The number of nitrogens with zero attached hydrogens (tertiary/aromatic N) is 1. The fourth-order valence-corrected chi connectivity index (χ4v) is 3.56. The lowest BCUT2D eigenvalue weighted by molar-refractivity contribution is 0.0911. The summed E-state index contributed by atoms with van der Waals surface area (Å²) in [7, 11) is 3.94. The molecule has 31 heavy (non-hydrogen) atoms. The van der Waals surface area contributed by atoms with E-state index in [1.807, 2.05) is 67.5 Å². The number of rotatable bonds is 9. The average molecular weight is 440 g/mol. The molecule has 0 radical (unpaired) electrons. The predicted octanol–water partition coefficient (Wildman–Crippen LogP) is 3.62. The van der Waals surface area contributed by atoms with Gasteiger partial charge in [-0.1, -0.05) is 54.1 Å². The lowest BCUT2D eigenvalue weighted by atomic mass is 10.0. The molecule has 1 unspecified atom stereocenters. The van der Waals surface area contributed by atoms with E-state index >= 15 is 0 Å².